The number of benzene rings is 2. The fourth-order valence-electron chi connectivity index (χ4n) is 12.3. The molecule has 2 nitrogen and oxygen atoms in total. The number of aryl methyl sites for hydroxylation is 2. The summed E-state index contributed by atoms with van der Waals surface area (Å²) in [6, 6.07) is 13.8. The average Bonchev–Trinajstić information content (AvgIpc) is 1.67. The van der Waals surface area contributed by atoms with Crippen molar-refractivity contribution in [2.24, 2.45) is 0 Å². The Hall–Kier alpha value is -2.70. The van der Waals surface area contributed by atoms with Crippen LogP contribution in [0.3, 0.4) is 0 Å². The molecule has 0 saturated carbocycles. The summed E-state index contributed by atoms with van der Waals surface area (Å²) in [6.07, 6.45) is 70.3. The van der Waals surface area contributed by atoms with Gasteiger partial charge in [-0.15, -0.1) is 0 Å². The first kappa shape index (κ1) is 79.4. The van der Waals surface area contributed by atoms with Gasteiger partial charge in [-0.3, -0.25) is 0 Å². The number of hydrogen-bond acceptors (Lipinski definition) is 0. The fraction of sp³-hybridized carbons (Fsp3) is 0.759. The molecular weight excluding hydrogens is 1130 g/mol. The van der Waals surface area contributed by atoms with Crippen molar-refractivity contribution in [3.8, 4) is 23.7 Å². The Balaban J connectivity index is 0.000000691. The molecule has 492 valence electrons. The zero-order valence-corrected chi connectivity index (χ0v) is 60.1. The van der Waals surface area contributed by atoms with E-state index in [9.17, 15) is 5.53 Å². The van der Waals surface area contributed by atoms with Gasteiger partial charge in [-0.25, -0.2) is 4.70 Å². The van der Waals surface area contributed by atoms with Gasteiger partial charge in [0.1, 0.15) is 0 Å². The van der Waals surface area contributed by atoms with Crippen LogP contribution in [0.5, 0.6) is 0 Å². The summed E-state index contributed by atoms with van der Waals surface area (Å²) in [5.74, 6) is 14.1. The van der Waals surface area contributed by atoms with Crippen molar-refractivity contribution in [2.45, 2.75) is 405 Å². The van der Waals surface area contributed by atoms with Crippen molar-refractivity contribution in [3.63, 3.8) is 0 Å². The van der Waals surface area contributed by atoms with Gasteiger partial charge in [-0.1, -0.05) is 207 Å². The van der Waals surface area contributed by atoms with Crippen LogP contribution in [0, 0.1) is 23.7 Å². The summed E-state index contributed by atoms with van der Waals surface area (Å²) >= 11 is 1.06. The number of hydrogen-bond donors (Lipinski definition) is 0. The third-order valence-corrected chi connectivity index (χ3v) is 20.0. The molecule has 2 aromatic carbocycles. The van der Waals surface area contributed by atoms with Crippen molar-refractivity contribution in [2.75, 3.05) is 0 Å². The Kier molecular flexibility index (Phi) is 54.2. The SMILES string of the molecule is CCCCCCCCC#Cc1cc(C#CCCCCCCCC)cc(C2=C(CCCCC)C(CCCC)=C(c3cc(CCCC)cc(CCCC)c3)[N+]2=[N-])c1.CCCCCCCCCCCCCC[CH2][Pd][CH2]CCCCCCCCCCCCCC. The molecule has 0 aliphatic carbocycles. The Morgan fingerprint density at radius 2 is 0.570 bits per heavy atom. The Bertz CT molecular complexity index is 2030. The predicted molar refractivity (Wildman–Crippen MR) is 382 cm³/mol. The smallest absolute Gasteiger partial charge is 0.0654 e. The maximum absolute atomic E-state index is 12.6. The van der Waals surface area contributed by atoms with E-state index in [0.717, 1.165) is 117 Å². The second-order valence-corrected chi connectivity index (χ2v) is 28.5. The Morgan fingerprint density at radius 1 is 0.291 bits per heavy atom. The van der Waals surface area contributed by atoms with Crippen LogP contribution >= 0.6 is 0 Å². The van der Waals surface area contributed by atoms with Crippen LogP contribution in [0.4, 0.5) is 0 Å². The van der Waals surface area contributed by atoms with E-state index in [1.807, 2.05) is 0 Å². The molecular formula is C83H140N2Pd. The molecule has 0 atom stereocenters. The van der Waals surface area contributed by atoms with Gasteiger partial charge in [0, 0.05) is 46.2 Å². The predicted octanol–water partition coefficient (Wildman–Crippen LogP) is 28.6. The average molecular weight is 1270 g/mol. The molecule has 0 aromatic heterocycles. The Morgan fingerprint density at radius 3 is 0.919 bits per heavy atom. The first-order valence-corrected chi connectivity index (χ1v) is 40.3. The molecule has 86 heavy (non-hydrogen) atoms. The molecule has 2 aromatic rings. The molecule has 0 N–H and O–H groups in total. The van der Waals surface area contributed by atoms with Crippen LogP contribution in [-0.2, 0) is 30.8 Å². The third kappa shape index (κ3) is 40.1. The van der Waals surface area contributed by atoms with Crippen molar-refractivity contribution >= 4 is 11.4 Å². The van der Waals surface area contributed by atoms with Crippen LogP contribution in [0.25, 0.3) is 16.9 Å². The second kappa shape index (κ2) is 58.7. The van der Waals surface area contributed by atoms with Crippen molar-refractivity contribution < 1.29 is 22.7 Å². The van der Waals surface area contributed by atoms with Crippen molar-refractivity contribution in [1.82, 2.24) is 0 Å². The molecule has 3 heteroatoms. The molecule has 0 unspecified atom stereocenters. The zero-order valence-electron chi connectivity index (χ0n) is 58.6. The minimum atomic E-state index is 0.925. The Labute approximate surface area is 546 Å². The van der Waals surface area contributed by atoms with Crippen LogP contribution in [0.2, 0.25) is 9.79 Å². The summed E-state index contributed by atoms with van der Waals surface area (Å²) in [5, 5.41) is 0. The van der Waals surface area contributed by atoms with Crippen LogP contribution in [0.1, 0.15) is 416 Å². The topological polar surface area (TPSA) is 25.3 Å². The van der Waals surface area contributed by atoms with E-state index in [1.54, 1.807) is 14.5 Å². The molecule has 3 rings (SSSR count). The van der Waals surface area contributed by atoms with Gasteiger partial charge < -0.3 is 5.53 Å². The van der Waals surface area contributed by atoms with Gasteiger partial charge in [0.2, 0.25) is 11.4 Å². The van der Waals surface area contributed by atoms with E-state index < -0.39 is 0 Å². The molecule has 0 radical (unpaired) electrons. The van der Waals surface area contributed by atoms with Crippen molar-refractivity contribution in [1.29, 1.82) is 0 Å². The number of rotatable bonds is 55. The summed E-state index contributed by atoms with van der Waals surface area (Å²) in [7, 11) is 0. The van der Waals surface area contributed by atoms with E-state index in [1.165, 1.54) is 298 Å². The molecule has 0 saturated heterocycles. The van der Waals surface area contributed by atoms with Gasteiger partial charge in [0.05, 0.1) is 0 Å². The summed E-state index contributed by atoms with van der Waals surface area (Å²) < 4.78 is 1.59. The molecule has 1 heterocycles. The zero-order chi connectivity index (χ0) is 62.0. The van der Waals surface area contributed by atoms with Crippen LogP contribution in [0.15, 0.2) is 47.5 Å². The quantitative estimate of drug-likeness (QED) is 0.0273. The first-order valence-electron chi connectivity index (χ1n) is 38.1. The summed E-state index contributed by atoms with van der Waals surface area (Å²) in [4.78, 5) is 3.09. The molecule has 0 bridgehead atoms. The fourth-order valence-corrected chi connectivity index (χ4v) is 14.2. The number of unbranched alkanes of at least 4 members (excludes halogenated alkanes) is 41. The monoisotopic (exact) mass is 1270 g/mol. The molecule has 0 spiro atoms. The molecule has 1 aliphatic heterocycles. The molecule has 0 amide bonds. The van der Waals surface area contributed by atoms with Gasteiger partial charge in [-0.2, -0.15) is 0 Å². The van der Waals surface area contributed by atoms with Gasteiger partial charge in [0.15, 0.2) is 0 Å². The molecule has 0 fully saturated rings. The van der Waals surface area contributed by atoms with E-state index in [-0.39, 0.29) is 0 Å². The number of nitrogens with zero attached hydrogens (tertiary/aromatic N) is 2. The summed E-state index contributed by atoms with van der Waals surface area (Å²) in [5.41, 5.74) is 24.2. The van der Waals surface area contributed by atoms with E-state index >= 15 is 0 Å². The normalized spacial score (nSPS) is 12.3. The minimum absolute atomic E-state index is 0.925. The molecule has 1 aliphatic rings. The van der Waals surface area contributed by atoms with Crippen molar-refractivity contribution in [3.05, 3.63) is 86.5 Å². The second-order valence-electron chi connectivity index (χ2n) is 26.2. The number of allylic oxidation sites excluding steroid dienone is 2. The van der Waals surface area contributed by atoms with Crippen LogP contribution < -0.4 is 0 Å². The van der Waals surface area contributed by atoms with E-state index in [2.05, 4.69) is 115 Å². The maximum atomic E-state index is 12.6. The van der Waals surface area contributed by atoms with E-state index in [0.29, 0.717) is 0 Å². The van der Waals surface area contributed by atoms with Gasteiger partial charge in [0.25, 0.3) is 0 Å². The first-order chi connectivity index (χ1) is 42.4. The van der Waals surface area contributed by atoms with E-state index in [4.69, 9.17) is 0 Å². The minimum Gasteiger partial charge on any atom is -0.0654 e. The third-order valence-electron chi connectivity index (χ3n) is 17.8. The van der Waals surface area contributed by atoms with Gasteiger partial charge >= 0.3 is 169 Å². The standard InChI is InChI=1S/C53H78N2.2C15H31.Pd/c1-7-13-19-21-23-25-27-30-34-46-39-47(35-31-28-26-24-22-20-14-8-2)43-49(42-46)53-51(37-29-15-9-3)50(36-18-12-6)52(55(53)54)48-40-44(32-16-10-4)38-45(41-48)33-17-11-5;2*1-3-5-7-9-11-13-15-14-12-10-8-6-4-2;/h38-43H,7-29,32-33,36-37H2,1-6H3;2*1,3-15H2,2H3;. The summed E-state index contributed by atoms with van der Waals surface area (Å²) in [6.45, 7) is 18.3. The van der Waals surface area contributed by atoms with Crippen LogP contribution in [-0.4, -0.2) is 4.70 Å². The van der Waals surface area contributed by atoms with Gasteiger partial charge in [-0.05, 0) is 106 Å².